The average Bonchev–Trinajstić information content (AvgIpc) is 2.07. The molecule has 0 spiro atoms. The van der Waals surface area contributed by atoms with Crippen LogP contribution in [0.3, 0.4) is 0 Å². The lowest BCUT2D eigenvalue weighted by atomic mass is 9.67. The van der Waals surface area contributed by atoms with Gasteiger partial charge in [-0.3, -0.25) is 4.79 Å². The topological polar surface area (TPSA) is 17.1 Å². The number of halogens is 1. The molecule has 1 atom stereocenters. The molecule has 1 unspecified atom stereocenters. The predicted molar refractivity (Wildman–Crippen MR) is 56.1 cm³/mol. The minimum Gasteiger partial charge on any atom is -0.300 e. The lowest BCUT2D eigenvalue weighted by Gasteiger charge is -2.38. The van der Waals surface area contributed by atoms with Crippen molar-refractivity contribution in [3.05, 3.63) is 0 Å². The Kier molecular flexibility index (Phi) is 3.78. The molecule has 0 amide bonds. The van der Waals surface area contributed by atoms with Crippen LogP contribution in [0.4, 0.5) is 0 Å². The lowest BCUT2D eigenvalue weighted by Crippen LogP contribution is -2.32. The molecule has 0 saturated heterocycles. The van der Waals surface area contributed by atoms with Crippen LogP contribution in [0, 0.1) is 11.3 Å². The van der Waals surface area contributed by atoms with Crippen LogP contribution in [-0.4, -0.2) is 11.7 Å². The number of alkyl halides is 1. The van der Waals surface area contributed by atoms with Crippen molar-refractivity contribution in [2.24, 2.45) is 11.3 Å². The summed E-state index contributed by atoms with van der Waals surface area (Å²) in [4.78, 5) is 11.3. The molecule has 1 nitrogen and oxygen atoms in total. The minimum absolute atomic E-state index is 0.347. The summed E-state index contributed by atoms with van der Waals surface area (Å²) >= 11 is 5.67. The molecular weight excluding hydrogens is 184 g/mol. The van der Waals surface area contributed by atoms with Crippen LogP contribution in [0.15, 0.2) is 0 Å². The molecule has 0 radical (unpaired) electrons. The number of hydrogen-bond donors (Lipinski definition) is 0. The van der Waals surface area contributed by atoms with Gasteiger partial charge in [0.15, 0.2) is 0 Å². The Balaban J connectivity index is 2.50. The van der Waals surface area contributed by atoms with Gasteiger partial charge in [0.1, 0.15) is 5.78 Å². The van der Waals surface area contributed by atoms with Crippen LogP contribution in [0.25, 0.3) is 0 Å². The molecule has 1 rings (SSSR count). The summed E-state index contributed by atoms with van der Waals surface area (Å²) in [7, 11) is 0. The van der Waals surface area contributed by atoms with Crippen LogP contribution in [-0.2, 0) is 4.79 Å². The highest BCUT2D eigenvalue weighted by Gasteiger charge is 2.34. The van der Waals surface area contributed by atoms with Crippen molar-refractivity contribution in [1.82, 2.24) is 0 Å². The van der Waals surface area contributed by atoms with Gasteiger partial charge in [0.25, 0.3) is 0 Å². The van der Waals surface area contributed by atoms with Crippen molar-refractivity contribution in [1.29, 1.82) is 0 Å². The van der Waals surface area contributed by atoms with Gasteiger partial charge in [0.05, 0.1) is 0 Å². The third kappa shape index (κ3) is 2.98. The highest BCUT2D eigenvalue weighted by Crippen LogP contribution is 2.41. The highest BCUT2D eigenvalue weighted by molar-refractivity contribution is 6.17. The SMILES string of the molecule is CC1(C)CCC(=O)CC1CCCCl. The molecule has 1 saturated carbocycles. The first-order valence-electron chi connectivity index (χ1n) is 5.14. The number of carbonyl (C=O) groups excluding carboxylic acids is 1. The highest BCUT2D eigenvalue weighted by atomic mass is 35.5. The Hall–Kier alpha value is -0.0400. The third-order valence-corrected chi connectivity index (χ3v) is 3.58. The molecule has 2 heteroatoms. The normalized spacial score (nSPS) is 27.6. The lowest BCUT2D eigenvalue weighted by molar-refractivity contribution is -0.124. The van der Waals surface area contributed by atoms with Crippen molar-refractivity contribution in [2.45, 2.75) is 46.0 Å². The fourth-order valence-electron chi connectivity index (χ4n) is 2.14. The summed E-state index contributed by atoms with van der Waals surface area (Å²) in [5, 5.41) is 0. The second-order valence-electron chi connectivity index (χ2n) is 4.76. The van der Waals surface area contributed by atoms with E-state index in [0.717, 1.165) is 38.0 Å². The van der Waals surface area contributed by atoms with Gasteiger partial charge in [-0.15, -0.1) is 11.6 Å². The maximum atomic E-state index is 11.3. The van der Waals surface area contributed by atoms with Gasteiger partial charge in [0.2, 0.25) is 0 Å². The van der Waals surface area contributed by atoms with Gasteiger partial charge in [-0.25, -0.2) is 0 Å². The summed E-state index contributed by atoms with van der Waals surface area (Å²) in [5.41, 5.74) is 0.347. The third-order valence-electron chi connectivity index (χ3n) is 3.31. The van der Waals surface area contributed by atoms with E-state index in [4.69, 9.17) is 11.6 Å². The smallest absolute Gasteiger partial charge is 0.133 e. The minimum atomic E-state index is 0.347. The number of carbonyl (C=O) groups is 1. The molecule has 0 aromatic carbocycles. The van der Waals surface area contributed by atoms with E-state index in [1.54, 1.807) is 0 Å². The van der Waals surface area contributed by atoms with Crippen molar-refractivity contribution in [2.75, 3.05) is 5.88 Å². The van der Waals surface area contributed by atoms with Crippen molar-refractivity contribution in [3.63, 3.8) is 0 Å². The monoisotopic (exact) mass is 202 g/mol. The maximum absolute atomic E-state index is 11.3. The van der Waals surface area contributed by atoms with Gasteiger partial charge < -0.3 is 0 Å². The molecule has 1 aliphatic carbocycles. The van der Waals surface area contributed by atoms with E-state index in [9.17, 15) is 4.79 Å². The summed E-state index contributed by atoms with van der Waals surface area (Å²) in [6.45, 7) is 4.55. The molecule has 1 aliphatic rings. The zero-order valence-corrected chi connectivity index (χ0v) is 9.36. The molecule has 76 valence electrons. The number of Topliss-reactive ketones (excluding diaryl/α,β-unsaturated/α-hetero) is 1. The summed E-state index contributed by atoms with van der Waals surface area (Å²) in [6.07, 6.45) is 4.78. The fraction of sp³-hybridized carbons (Fsp3) is 0.909. The Labute approximate surface area is 85.8 Å². The van der Waals surface area contributed by atoms with Crippen molar-refractivity contribution in [3.8, 4) is 0 Å². The van der Waals surface area contributed by atoms with Gasteiger partial charge >= 0.3 is 0 Å². The first-order valence-corrected chi connectivity index (χ1v) is 5.67. The average molecular weight is 203 g/mol. The van der Waals surface area contributed by atoms with Crippen LogP contribution in [0.1, 0.15) is 46.0 Å². The Morgan fingerprint density at radius 2 is 2.23 bits per heavy atom. The molecule has 0 heterocycles. The maximum Gasteiger partial charge on any atom is 0.133 e. The summed E-state index contributed by atoms with van der Waals surface area (Å²) in [5.74, 6) is 1.73. The zero-order chi connectivity index (χ0) is 9.90. The molecule has 0 aliphatic heterocycles. The molecule has 1 fully saturated rings. The number of hydrogen-bond acceptors (Lipinski definition) is 1. The zero-order valence-electron chi connectivity index (χ0n) is 8.61. The standard InChI is InChI=1S/C11H19ClO/c1-11(2)6-5-10(13)8-9(11)4-3-7-12/h9H,3-8H2,1-2H3. The van der Waals surface area contributed by atoms with E-state index in [-0.39, 0.29) is 0 Å². The van der Waals surface area contributed by atoms with Crippen molar-refractivity contribution < 1.29 is 4.79 Å². The molecular formula is C11H19ClO. The molecule has 0 aromatic heterocycles. The largest absolute Gasteiger partial charge is 0.300 e. The Morgan fingerprint density at radius 1 is 1.54 bits per heavy atom. The van der Waals surface area contributed by atoms with Gasteiger partial charge in [0, 0.05) is 18.7 Å². The molecule has 0 aromatic rings. The van der Waals surface area contributed by atoms with Gasteiger partial charge in [-0.2, -0.15) is 0 Å². The second-order valence-corrected chi connectivity index (χ2v) is 5.14. The summed E-state index contributed by atoms with van der Waals surface area (Å²) < 4.78 is 0. The molecule has 0 bridgehead atoms. The van der Waals surface area contributed by atoms with Gasteiger partial charge in [-0.05, 0) is 30.6 Å². The van der Waals surface area contributed by atoms with Crippen LogP contribution < -0.4 is 0 Å². The number of ketones is 1. The number of rotatable bonds is 3. The van der Waals surface area contributed by atoms with Crippen LogP contribution in [0.2, 0.25) is 0 Å². The van der Waals surface area contributed by atoms with E-state index < -0.39 is 0 Å². The molecule has 0 N–H and O–H groups in total. The summed E-state index contributed by atoms with van der Waals surface area (Å²) in [6, 6.07) is 0. The predicted octanol–water partition coefficient (Wildman–Crippen LogP) is 3.40. The Bertz CT molecular complexity index is 187. The second kappa shape index (κ2) is 4.45. The van der Waals surface area contributed by atoms with Crippen LogP contribution in [0.5, 0.6) is 0 Å². The molecule has 13 heavy (non-hydrogen) atoms. The first-order chi connectivity index (χ1) is 6.06. The van der Waals surface area contributed by atoms with E-state index in [0.29, 0.717) is 17.1 Å². The van der Waals surface area contributed by atoms with E-state index in [2.05, 4.69) is 13.8 Å². The van der Waals surface area contributed by atoms with E-state index >= 15 is 0 Å². The first kappa shape index (κ1) is 11.0. The fourth-order valence-corrected chi connectivity index (χ4v) is 2.29. The Morgan fingerprint density at radius 3 is 2.85 bits per heavy atom. The van der Waals surface area contributed by atoms with Crippen LogP contribution >= 0.6 is 11.6 Å². The van der Waals surface area contributed by atoms with Crippen molar-refractivity contribution >= 4 is 17.4 Å². The van der Waals surface area contributed by atoms with E-state index in [1.807, 2.05) is 0 Å². The van der Waals surface area contributed by atoms with E-state index in [1.165, 1.54) is 0 Å². The van der Waals surface area contributed by atoms with Gasteiger partial charge in [-0.1, -0.05) is 13.8 Å². The quantitative estimate of drug-likeness (QED) is 0.642.